The summed E-state index contributed by atoms with van der Waals surface area (Å²) in [5.41, 5.74) is 1.15. The monoisotopic (exact) mass is 303 g/mol. The zero-order valence-electron chi connectivity index (χ0n) is 12.9. The van der Waals surface area contributed by atoms with Gasteiger partial charge in [-0.3, -0.25) is 4.68 Å². The summed E-state index contributed by atoms with van der Waals surface area (Å²) in [6.45, 7) is 10.0. The molecule has 0 unspecified atom stereocenters. The molecule has 0 radical (unpaired) electrons. The van der Waals surface area contributed by atoms with Crippen molar-refractivity contribution in [1.82, 2.24) is 14.1 Å². The van der Waals surface area contributed by atoms with Gasteiger partial charge in [-0.2, -0.15) is 9.40 Å². The maximum absolute atomic E-state index is 12.8. The molecular formula is C13H25N3O3S. The molecule has 0 aliphatic rings. The summed E-state index contributed by atoms with van der Waals surface area (Å²) in [5, 5.41) is 13.2. The number of hydrogen-bond acceptors (Lipinski definition) is 4. The van der Waals surface area contributed by atoms with E-state index in [9.17, 15) is 8.42 Å². The fourth-order valence-corrected chi connectivity index (χ4v) is 4.44. The standard InChI is InChI=1S/C13H25N3O3S/c1-6-16(10(2)3)20(18,19)13-11(4)14-15(12(13)5)8-7-9-17/h10,17H,6-9H2,1-5H3. The Morgan fingerprint density at radius 1 is 1.35 bits per heavy atom. The van der Waals surface area contributed by atoms with Crippen LogP contribution < -0.4 is 0 Å². The van der Waals surface area contributed by atoms with Gasteiger partial charge in [-0.1, -0.05) is 6.92 Å². The van der Waals surface area contributed by atoms with Gasteiger partial charge in [-0.15, -0.1) is 0 Å². The average Bonchev–Trinajstić information content (AvgIpc) is 2.61. The van der Waals surface area contributed by atoms with Crippen molar-refractivity contribution >= 4 is 10.0 Å². The minimum atomic E-state index is -3.53. The molecule has 0 saturated carbocycles. The predicted octanol–water partition coefficient (Wildman–Crippen LogP) is 1.30. The zero-order valence-corrected chi connectivity index (χ0v) is 13.7. The molecule has 0 saturated heterocycles. The first-order valence-corrected chi connectivity index (χ1v) is 8.38. The van der Waals surface area contributed by atoms with Crippen LogP contribution in [0.1, 0.15) is 38.6 Å². The van der Waals surface area contributed by atoms with Crippen molar-refractivity contribution in [1.29, 1.82) is 0 Å². The number of aryl methyl sites for hydroxylation is 2. The number of aliphatic hydroxyl groups excluding tert-OH is 1. The molecule has 0 aliphatic carbocycles. The van der Waals surface area contributed by atoms with E-state index in [2.05, 4.69) is 5.10 Å². The molecule has 1 rings (SSSR count). The van der Waals surface area contributed by atoms with Crippen molar-refractivity contribution in [3.8, 4) is 0 Å². The molecule has 7 heteroatoms. The number of hydrogen-bond donors (Lipinski definition) is 1. The molecule has 0 aromatic carbocycles. The molecule has 1 N–H and O–H groups in total. The van der Waals surface area contributed by atoms with Crippen molar-refractivity contribution in [2.45, 2.75) is 58.5 Å². The van der Waals surface area contributed by atoms with Crippen molar-refractivity contribution < 1.29 is 13.5 Å². The lowest BCUT2D eigenvalue weighted by molar-refractivity contribution is 0.276. The van der Waals surface area contributed by atoms with Gasteiger partial charge in [0.25, 0.3) is 0 Å². The minimum absolute atomic E-state index is 0.0630. The SMILES string of the molecule is CCN(C(C)C)S(=O)(=O)c1c(C)nn(CCCO)c1C. The molecule has 1 aromatic heterocycles. The third-order valence-corrected chi connectivity index (χ3v) is 5.70. The second kappa shape index (κ2) is 6.69. The van der Waals surface area contributed by atoms with Crippen LogP contribution in [0.4, 0.5) is 0 Å². The zero-order chi connectivity index (χ0) is 15.5. The Kier molecular flexibility index (Phi) is 5.73. The van der Waals surface area contributed by atoms with E-state index in [1.165, 1.54) is 4.31 Å². The van der Waals surface area contributed by atoms with Crippen LogP contribution in [-0.4, -0.2) is 46.8 Å². The fraction of sp³-hybridized carbons (Fsp3) is 0.769. The van der Waals surface area contributed by atoms with Gasteiger partial charge >= 0.3 is 0 Å². The van der Waals surface area contributed by atoms with Gasteiger partial charge in [0, 0.05) is 25.7 Å². The summed E-state index contributed by atoms with van der Waals surface area (Å²) in [4.78, 5) is 0.297. The first kappa shape index (κ1) is 17.1. The van der Waals surface area contributed by atoms with Gasteiger partial charge in [-0.05, 0) is 34.1 Å². The summed E-state index contributed by atoms with van der Waals surface area (Å²) >= 11 is 0. The Balaban J connectivity index is 3.28. The lowest BCUT2D eigenvalue weighted by Gasteiger charge is -2.24. The third kappa shape index (κ3) is 3.21. The van der Waals surface area contributed by atoms with E-state index in [0.717, 1.165) is 0 Å². The first-order chi connectivity index (χ1) is 9.27. The lowest BCUT2D eigenvalue weighted by Crippen LogP contribution is -2.37. The topological polar surface area (TPSA) is 75.4 Å². The van der Waals surface area contributed by atoms with Gasteiger partial charge in [0.2, 0.25) is 10.0 Å². The highest BCUT2D eigenvalue weighted by Crippen LogP contribution is 2.25. The number of nitrogens with zero attached hydrogens (tertiary/aromatic N) is 3. The Labute approximate surface area is 121 Å². The maximum Gasteiger partial charge on any atom is 0.246 e. The molecule has 6 nitrogen and oxygen atoms in total. The molecule has 0 aliphatic heterocycles. The molecule has 116 valence electrons. The van der Waals surface area contributed by atoms with E-state index in [1.807, 2.05) is 20.8 Å². The summed E-state index contributed by atoms with van der Waals surface area (Å²) in [6.07, 6.45) is 0.559. The maximum atomic E-state index is 12.8. The lowest BCUT2D eigenvalue weighted by atomic mass is 10.4. The van der Waals surface area contributed by atoms with E-state index in [0.29, 0.717) is 35.8 Å². The quantitative estimate of drug-likeness (QED) is 0.824. The minimum Gasteiger partial charge on any atom is -0.396 e. The normalized spacial score (nSPS) is 12.6. The van der Waals surface area contributed by atoms with E-state index in [4.69, 9.17) is 5.11 Å². The second-order valence-electron chi connectivity index (χ2n) is 5.10. The van der Waals surface area contributed by atoms with E-state index < -0.39 is 10.0 Å². The van der Waals surface area contributed by atoms with Crippen LogP contribution >= 0.6 is 0 Å². The van der Waals surface area contributed by atoms with E-state index in [1.54, 1.807) is 18.5 Å². The first-order valence-electron chi connectivity index (χ1n) is 6.94. The summed E-state index contributed by atoms with van der Waals surface area (Å²) in [5.74, 6) is 0. The van der Waals surface area contributed by atoms with Crippen molar-refractivity contribution in [3.63, 3.8) is 0 Å². The Morgan fingerprint density at radius 3 is 2.40 bits per heavy atom. The number of sulfonamides is 1. The van der Waals surface area contributed by atoms with Gasteiger partial charge in [0.05, 0.1) is 11.4 Å². The van der Waals surface area contributed by atoms with Gasteiger partial charge in [0.1, 0.15) is 4.90 Å². The summed E-state index contributed by atoms with van der Waals surface area (Å²) in [7, 11) is -3.53. The van der Waals surface area contributed by atoms with Crippen LogP contribution in [0.2, 0.25) is 0 Å². The Morgan fingerprint density at radius 2 is 1.95 bits per heavy atom. The summed E-state index contributed by atoms with van der Waals surface area (Å²) in [6, 6.07) is -0.0930. The smallest absolute Gasteiger partial charge is 0.246 e. The van der Waals surface area contributed by atoms with Gasteiger partial charge in [-0.25, -0.2) is 8.42 Å². The van der Waals surface area contributed by atoms with Crippen LogP contribution in [-0.2, 0) is 16.6 Å². The van der Waals surface area contributed by atoms with Crippen LogP contribution in [0, 0.1) is 13.8 Å². The van der Waals surface area contributed by atoms with Crippen LogP contribution in [0.3, 0.4) is 0 Å². The van der Waals surface area contributed by atoms with Crippen LogP contribution in [0.5, 0.6) is 0 Å². The second-order valence-corrected chi connectivity index (χ2v) is 6.93. The van der Waals surface area contributed by atoms with Crippen LogP contribution in [0.15, 0.2) is 4.90 Å². The van der Waals surface area contributed by atoms with E-state index in [-0.39, 0.29) is 12.6 Å². The number of rotatable bonds is 7. The highest BCUT2D eigenvalue weighted by molar-refractivity contribution is 7.89. The molecule has 0 amide bonds. The van der Waals surface area contributed by atoms with Gasteiger partial charge in [0.15, 0.2) is 0 Å². The van der Waals surface area contributed by atoms with Crippen molar-refractivity contribution in [3.05, 3.63) is 11.4 Å². The average molecular weight is 303 g/mol. The fourth-order valence-electron chi connectivity index (χ4n) is 2.42. The molecule has 0 atom stereocenters. The Bertz CT molecular complexity index is 549. The van der Waals surface area contributed by atoms with Gasteiger partial charge < -0.3 is 5.11 Å². The highest BCUT2D eigenvalue weighted by atomic mass is 32.2. The molecule has 0 spiro atoms. The van der Waals surface area contributed by atoms with Crippen LogP contribution in [0.25, 0.3) is 0 Å². The largest absolute Gasteiger partial charge is 0.396 e. The molecular weight excluding hydrogens is 278 g/mol. The Hall–Kier alpha value is -0.920. The third-order valence-electron chi connectivity index (χ3n) is 3.30. The number of aliphatic hydroxyl groups is 1. The summed E-state index contributed by atoms with van der Waals surface area (Å²) < 4.78 is 28.6. The number of aromatic nitrogens is 2. The molecule has 0 bridgehead atoms. The molecule has 1 aromatic rings. The van der Waals surface area contributed by atoms with Crippen molar-refractivity contribution in [2.75, 3.05) is 13.2 Å². The molecule has 1 heterocycles. The van der Waals surface area contributed by atoms with Crippen molar-refractivity contribution in [2.24, 2.45) is 0 Å². The molecule has 20 heavy (non-hydrogen) atoms. The predicted molar refractivity (Wildman–Crippen MR) is 78.1 cm³/mol. The van der Waals surface area contributed by atoms with E-state index >= 15 is 0 Å². The highest BCUT2D eigenvalue weighted by Gasteiger charge is 2.31. The molecule has 0 fully saturated rings.